The first-order valence-electron chi connectivity index (χ1n) is 5.34. The van der Waals surface area contributed by atoms with Gasteiger partial charge in [0.15, 0.2) is 0 Å². The summed E-state index contributed by atoms with van der Waals surface area (Å²) in [5.74, 6) is -0.168. The zero-order chi connectivity index (χ0) is 11.7. The van der Waals surface area contributed by atoms with Gasteiger partial charge < -0.3 is 5.32 Å². The minimum absolute atomic E-state index is 0.168. The van der Waals surface area contributed by atoms with Crippen LogP contribution in [0.25, 0.3) is 0 Å². The molecule has 2 rings (SSSR count). The number of carbonyl (C=O) groups excluding carboxylic acids is 2. The van der Waals surface area contributed by atoms with Gasteiger partial charge >= 0.3 is 6.03 Å². The van der Waals surface area contributed by atoms with Crippen molar-refractivity contribution in [3.8, 4) is 0 Å². The fourth-order valence-electron chi connectivity index (χ4n) is 1.82. The highest BCUT2D eigenvalue weighted by Gasteiger charge is 2.37. The number of urea groups is 1. The highest BCUT2D eigenvalue weighted by atomic mass is 16.2. The lowest BCUT2D eigenvalue weighted by Crippen LogP contribution is -2.31. The number of nitrogens with zero attached hydrogens (tertiary/aromatic N) is 1. The van der Waals surface area contributed by atoms with Gasteiger partial charge in [-0.3, -0.25) is 4.79 Å². The van der Waals surface area contributed by atoms with Crippen LogP contribution < -0.4 is 10.2 Å². The molecule has 0 aliphatic carbocycles. The van der Waals surface area contributed by atoms with E-state index in [1.807, 2.05) is 32.0 Å². The van der Waals surface area contributed by atoms with Crippen LogP contribution >= 0.6 is 0 Å². The number of anilines is 1. The summed E-state index contributed by atoms with van der Waals surface area (Å²) in [6.07, 6.45) is 0.618. The van der Waals surface area contributed by atoms with Crippen LogP contribution in [0.3, 0.4) is 0 Å². The first-order chi connectivity index (χ1) is 7.63. The van der Waals surface area contributed by atoms with Crippen LogP contribution in [-0.4, -0.2) is 18.0 Å². The Morgan fingerprint density at radius 2 is 2.12 bits per heavy atom. The molecule has 0 spiro atoms. The molecule has 0 saturated carbocycles. The lowest BCUT2D eigenvalue weighted by atomic mass is 10.2. The van der Waals surface area contributed by atoms with E-state index in [0.717, 1.165) is 5.56 Å². The second-order valence-corrected chi connectivity index (χ2v) is 3.92. The molecule has 1 aromatic carbocycles. The van der Waals surface area contributed by atoms with E-state index in [9.17, 15) is 9.59 Å². The third kappa shape index (κ3) is 1.66. The molecule has 1 N–H and O–H groups in total. The van der Waals surface area contributed by atoms with Gasteiger partial charge in [0.2, 0.25) is 0 Å². The molecule has 0 radical (unpaired) electrons. The van der Waals surface area contributed by atoms with Crippen molar-refractivity contribution in [3.05, 3.63) is 29.8 Å². The zero-order valence-corrected chi connectivity index (χ0v) is 9.36. The van der Waals surface area contributed by atoms with Crippen molar-refractivity contribution >= 4 is 17.6 Å². The van der Waals surface area contributed by atoms with Crippen molar-refractivity contribution in [2.45, 2.75) is 26.3 Å². The van der Waals surface area contributed by atoms with Gasteiger partial charge in [0.1, 0.15) is 6.04 Å². The fourth-order valence-corrected chi connectivity index (χ4v) is 1.82. The zero-order valence-electron chi connectivity index (χ0n) is 9.36. The van der Waals surface area contributed by atoms with Gasteiger partial charge in [-0.05, 0) is 31.0 Å². The summed E-state index contributed by atoms with van der Waals surface area (Å²) in [6, 6.07) is 6.65. The normalized spacial score (nSPS) is 20.1. The summed E-state index contributed by atoms with van der Waals surface area (Å²) in [5.41, 5.74) is 1.66. The van der Waals surface area contributed by atoms with E-state index in [-0.39, 0.29) is 18.0 Å². The lowest BCUT2D eigenvalue weighted by molar-refractivity contribution is -0.118. The number of aryl methyl sites for hydroxylation is 1. The molecule has 1 heterocycles. The Labute approximate surface area is 94.2 Å². The number of amides is 3. The van der Waals surface area contributed by atoms with Crippen molar-refractivity contribution < 1.29 is 9.59 Å². The molecule has 1 saturated heterocycles. The summed E-state index contributed by atoms with van der Waals surface area (Å²) in [6.45, 7) is 3.81. The van der Waals surface area contributed by atoms with Crippen LogP contribution in [0.1, 0.15) is 18.9 Å². The highest BCUT2D eigenvalue weighted by Crippen LogP contribution is 2.21. The van der Waals surface area contributed by atoms with Gasteiger partial charge in [-0.1, -0.05) is 19.1 Å². The Morgan fingerprint density at radius 1 is 1.38 bits per heavy atom. The summed E-state index contributed by atoms with van der Waals surface area (Å²) >= 11 is 0. The number of carbonyl (C=O) groups is 2. The molecule has 1 aliphatic rings. The van der Waals surface area contributed by atoms with Gasteiger partial charge in [-0.15, -0.1) is 0 Å². The molecule has 1 aromatic rings. The van der Waals surface area contributed by atoms with Crippen molar-refractivity contribution in [1.29, 1.82) is 0 Å². The minimum atomic E-state index is -0.381. The minimum Gasteiger partial charge on any atom is -0.325 e. The summed E-state index contributed by atoms with van der Waals surface area (Å²) in [7, 11) is 0. The van der Waals surface area contributed by atoms with E-state index in [1.165, 1.54) is 4.90 Å². The molecule has 4 nitrogen and oxygen atoms in total. The number of imide groups is 1. The van der Waals surface area contributed by atoms with E-state index in [4.69, 9.17) is 0 Å². The predicted octanol–water partition coefficient (Wildman–Crippen LogP) is 1.83. The topological polar surface area (TPSA) is 49.4 Å². The maximum Gasteiger partial charge on any atom is 0.329 e. The Kier molecular flexibility index (Phi) is 2.64. The van der Waals surface area contributed by atoms with Crippen molar-refractivity contribution in [3.63, 3.8) is 0 Å². The Hall–Kier alpha value is -1.84. The summed E-state index contributed by atoms with van der Waals surface area (Å²) in [4.78, 5) is 24.8. The molecule has 1 unspecified atom stereocenters. The third-order valence-corrected chi connectivity index (χ3v) is 2.69. The number of hydrogen-bond donors (Lipinski definition) is 1. The van der Waals surface area contributed by atoms with Gasteiger partial charge in [-0.2, -0.15) is 0 Å². The summed E-state index contributed by atoms with van der Waals surface area (Å²) in [5, 5.41) is 2.66. The highest BCUT2D eigenvalue weighted by molar-refractivity contribution is 6.21. The predicted molar refractivity (Wildman–Crippen MR) is 61.3 cm³/mol. The monoisotopic (exact) mass is 218 g/mol. The largest absolute Gasteiger partial charge is 0.329 e. The maximum atomic E-state index is 11.9. The molecular formula is C12H14N2O2. The molecule has 16 heavy (non-hydrogen) atoms. The number of rotatable bonds is 2. The molecule has 0 aromatic heterocycles. The third-order valence-electron chi connectivity index (χ3n) is 2.69. The fraction of sp³-hybridized carbons (Fsp3) is 0.333. The van der Waals surface area contributed by atoms with Crippen LogP contribution in [0, 0.1) is 6.92 Å². The molecule has 1 atom stereocenters. The van der Waals surface area contributed by atoms with Gasteiger partial charge in [0, 0.05) is 0 Å². The van der Waals surface area contributed by atoms with Crippen LogP contribution in [0.4, 0.5) is 10.5 Å². The number of benzene rings is 1. The Balaban J connectivity index is 2.34. The molecule has 3 amide bonds. The van der Waals surface area contributed by atoms with E-state index >= 15 is 0 Å². The smallest absolute Gasteiger partial charge is 0.325 e. The summed E-state index contributed by atoms with van der Waals surface area (Å²) < 4.78 is 0. The second kappa shape index (κ2) is 3.96. The van der Waals surface area contributed by atoms with Gasteiger partial charge in [-0.25, -0.2) is 9.69 Å². The molecule has 1 fully saturated rings. The number of nitrogens with one attached hydrogen (secondary N) is 1. The molecule has 4 heteroatoms. The van der Waals surface area contributed by atoms with Crippen LogP contribution in [0.15, 0.2) is 24.3 Å². The van der Waals surface area contributed by atoms with Crippen molar-refractivity contribution in [1.82, 2.24) is 5.32 Å². The molecular weight excluding hydrogens is 204 g/mol. The van der Waals surface area contributed by atoms with E-state index < -0.39 is 0 Å². The van der Waals surface area contributed by atoms with Crippen LogP contribution in [-0.2, 0) is 4.79 Å². The van der Waals surface area contributed by atoms with Crippen molar-refractivity contribution in [2.75, 3.05) is 4.90 Å². The quantitative estimate of drug-likeness (QED) is 0.770. The SMILES string of the molecule is CCC1NC(=O)N(c2cccc(C)c2)C1=O. The van der Waals surface area contributed by atoms with Crippen molar-refractivity contribution in [2.24, 2.45) is 0 Å². The Bertz CT molecular complexity index is 442. The van der Waals surface area contributed by atoms with Gasteiger partial charge in [0.25, 0.3) is 5.91 Å². The molecule has 84 valence electrons. The average Bonchev–Trinajstić information content (AvgIpc) is 2.53. The number of hydrogen-bond acceptors (Lipinski definition) is 2. The lowest BCUT2D eigenvalue weighted by Gasteiger charge is -2.13. The maximum absolute atomic E-state index is 11.9. The van der Waals surface area contributed by atoms with Crippen LogP contribution in [0.2, 0.25) is 0 Å². The van der Waals surface area contributed by atoms with E-state index in [2.05, 4.69) is 5.32 Å². The van der Waals surface area contributed by atoms with Gasteiger partial charge in [0.05, 0.1) is 5.69 Å². The average molecular weight is 218 g/mol. The first kappa shape index (κ1) is 10.7. The second-order valence-electron chi connectivity index (χ2n) is 3.92. The first-order valence-corrected chi connectivity index (χ1v) is 5.34. The van der Waals surface area contributed by atoms with E-state index in [1.54, 1.807) is 6.07 Å². The van der Waals surface area contributed by atoms with E-state index in [0.29, 0.717) is 12.1 Å². The molecule has 1 aliphatic heterocycles. The molecule has 0 bridgehead atoms. The standard InChI is InChI=1S/C12H14N2O2/c1-3-10-11(15)14(12(16)13-10)9-6-4-5-8(2)7-9/h4-7,10H,3H2,1-2H3,(H,13,16). The van der Waals surface area contributed by atoms with Crippen LogP contribution in [0.5, 0.6) is 0 Å². The Morgan fingerprint density at radius 3 is 2.69 bits per heavy atom.